The van der Waals surface area contributed by atoms with E-state index in [0.29, 0.717) is 30.4 Å². The van der Waals surface area contributed by atoms with Crippen molar-refractivity contribution < 1.29 is 4.79 Å². The van der Waals surface area contributed by atoms with Crippen LogP contribution in [-0.4, -0.2) is 45.4 Å². The van der Waals surface area contributed by atoms with E-state index in [1.165, 1.54) is 6.33 Å². The fourth-order valence-corrected chi connectivity index (χ4v) is 4.36. The van der Waals surface area contributed by atoms with Crippen molar-refractivity contribution in [3.8, 4) is 0 Å². The fourth-order valence-electron chi connectivity index (χ4n) is 4.13. The molecule has 4 aromatic rings. The second kappa shape index (κ2) is 7.59. The third kappa shape index (κ3) is 3.36. The number of aromatic amines is 1. The summed E-state index contributed by atoms with van der Waals surface area (Å²) in [4.78, 5) is 26.5. The molecule has 30 heavy (non-hydrogen) atoms. The van der Waals surface area contributed by atoms with Crippen LogP contribution in [0.25, 0.3) is 21.8 Å². The molecule has 4 N–H and O–H groups in total. The third-order valence-electron chi connectivity index (χ3n) is 5.65. The van der Waals surface area contributed by atoms with Gasteiger partial charge in [0, 0.05) is 40.1 Å². The summed E-state index contributed by atoms with van der Waals surface area (Å²) in [5.41, 5.74) is 9.76. The van der Waals surface area contributed by atoms with Crippen LogP contribution in [0.5, 0.6) is 0 Å². The van der Waals surface area contributed by atoms with Crippen LogP contribution in [0.15, 0.2) is 48.8 Å². The molecule has 1 saturated heterocycles. The summed E-state index contributed by atoms with van der Waals surface area (Å²) in [6, 6.07) is 13.7. The van der Waals surface area contributed by atoms with E-state index in [1.807, 2.05) is 41.3 Å². The highest BCUT2D eigenvalue weighted by atomic mass is 35.5. The van der Waals surface area contributed by atoms with Gasteiger partial charge in [-0.2, -0.15) is 0 Å². The average molecular weight is 421 g/mol. The summed E-state index contributed by atoms with van der Waals surface area (Å²) >= 11 is 6.39. The fraction of sp³-hybridized carbons (Fsp3) is 0.227. The highest BCUT2D eigenvalue weighted by Crippen LogP contribution is 2.32. The minimum atomic E-state index is -0.139. The summed E-state index contributed by atoms with van der Waals surface area (Å²) < 4.78 is 0. The van der Waals surface area contributed by atoms with E-state index in [4.69, 9.17) is 17.3 Å². The van der Waals surface area contributed by atoms with Crippen LogP contribution in [-0.2, 0) is 11.2 Å². The molecule has 1 fully saturated rings. The molecular formula is C22H21ClN6O. The van der Waals surface area contributed by atoms with Gasteiger partial charge in [0.25, 0.3) is 0 Å². The molecular weight excluding hydrogens is 400 g/mol. The Balaban J connectivity index is 1.57. The summed E-state index contributed by atoms with van der Waals surface area (Å²) in [5, 5.41) is 5.63. The molecule has 1 aliphatic rings. The van der Waals surface area contributed by atoms with Gasteiger partial charge in [0.2, 0.25) is 5.91 Å². The number of nitrogens with zero attached hydrogens (tertiary/aromatic N) is 3. The van der Waals surface area contributed by atoms with E-state index < -0.39 is 0 Å². The first-order valence-corrected chi connectivity index (χ1v) is 10.2. The van der Waals surface area contributed by atoms with Crippen molar-refractivity contribution in [3.05, 3.63) is 65.1 Å². The van der Waals surface area contributed by atoms with E-state index in [2.05, 4.69) is 26.3 Å². The van der Waals surface area contributed by atoms with Gasteiger partial charge in [-0.3, -0.25) is 4.79 Å². The van der Waals surface area contributed by atoms with Gasteiger partial charge >= 0.3 is 0 Å². The quantitative estimate of drug-likeness (QED) is 0.471. The number of halogens is 1. The maximum Gasteiger partial charge on any atom is 0.237 e. The second-order valence-electron chi connectivity index (χ2n) is 7.52. The Bertz CT molecular complexity index is 1250. The van der Waals surface area contributed by atoms with Crippen molar-refractivity contribution >= 4 is 45.1 Å². The van der Waals surface area contributed by atoms with E-state index in [9.17, 15) is 4.79 Å². The van der Waals surface area contributed by atoms with Gasteiger partial charge in [-0.15, -0.1) is 0 Å². The van der Waals surface area contributed by atoms with Crippen molar-refractivity contribution in [2.24, 2.45) is 0 Å². The highest BCUT2D eigenvalue weighted by Gasteiger charge is 2.29. The molecule has 1 unspecified atom stereocenters. The summed E-state index contributed by atoms with van der Waals surface area (Å²) in [6.45, 7) is 1.76. The van der Waals surface area contributed by atoms with Crippen LogP contribution in [0, 0.1) is 0 Å². The molecule has 1 aliphatic heterocycles. The number of rotatable bonds is 4. The maximum atomic E-state index is 12.7. The van der Waals surface area contributed by atoms with Crippen LogP contribution >= 0.6 is 11.6 Å². The van der Waals surface area contributed by atoms with E-state index in [0.717, 1.165) is 39.6 Å². The first kappa shape index (κ1) is 18.8. The lowest BCUT2D eigenvalue weighted by Gasteiger charge is -2.34. The van der Waals surface area contributed by atoms with Crippen LogP contribution < -0.4 is 11.1 Å². The number of carbonyl (C=O) groups excluding carboxylic acids is 1. The standard InChI is InChI=1S/C22H21ClN6O/c23-16-2-1-3-17-15(16)10-19(28-17)20(29-7-6-25-11-21(29)30)9-13-4-5-14-18(8-13)26-12-27-22(14)24/h1-5,8,10,12,20,25,28H,6-7,9,11H2,(H2,24,26,27). The number of H-pyrrole nitrogens is 1. The van der Waals surface area contributed by atoms with Crippen LogP contribution in [0.3, 0.4) is 0 Å². The molecule has 0 aliphatic carbocycles. The number of benzene rings is 2. The molecule has 8 heteroatoms. The minimum absolute atomic E-state index is 0.0864. The van der Waals surface area contributed by atoms with E-state index in [1.54, 1.807) is 0 Å². The molecule has 1 atom stereocenters. The van der Waals surface area contributed by atoms with E-state index >= 15 is 0 Å². The lowest BCUT2D eigenvalue weighted by molar-refractivity contribution is -0.134. The number of aromatic nitrogens is 3. The monoisotopic (exact) mass is 420 g/mol. The molecule has 1 amide bonds. The van der Waals surface area contributed by atoms with Gasteiger partial charge in [-0.25, -0.2) is 9.97 Å². The van der Waals surface area contributed by atoms with E-state index in [-0.39, 0.29) is 11.9 Å². The zero-order chi connectivity index (χ0) is 20.7. The molecule has 0 spiro atoms. The zero-order valence-corrected chi connectivity index (χ0v) is 17.0. The molecule has 0 saturated carbocycles. The summed E-state index contributed by atoms with van der Waals surface area (Å²) in [6.07, 6.45) is 2.12. The first-order chi connectivity index (χ1) is 14.6. The van der Waals surface area contributed by atoms with Crippen LogP contribution in [0.4, 0.5) is 5.82 Å². The topological polar surface area (TPSA) is 99.9 Å². The van der Waals surface area contributed by atoms with Gasteiger partial charge in [0.05, 0.1) is 18.1 Å². The number of amides is 1. The Labute approximate surface area is 178 Å². The van der Waals surface area contributed by atoms with Crippen molar-refractivity contribution in [1.29, 1.82) is 0 Å². The lowest BCUT2D eigenvalue weighted by atomic mass is 9.99. The molecule has 2 aromatic heterocycles. The number of nitrogens with one attached hydrogen (secondary N) is 2. The molecule has 0 radical (unpaired) electrons. The maximum absolute atomic E-state index is 12.7. The Kier molecular flexibility index (Phi) is 4.77. The number of hydrogen-bond acceptors (Lipinski definition) is 5. The number of anilines is 1. The smallest absolute Gasteiger partial charge is 0.237 e. The molecule has 3 heterocycles. The Morgan fingerprint density at radius 2 is 2.07 bits per heavy atom. The lowest BCUT2D eigenvalue weighted by Crippen LogP contribution is -2.50. The predicted molar refractivity (Wildman–Crippen MR) is 118 cm³/mol. The Morgan fingerprint density at radius 1 is 1.17 bits per heavy atom. The predicted octanol–water partition coefficient (Wildman–Crippen LogP) is 3.06. The van der Waals surface area contributed by atoms with Gasteiger partial charge < -0.3 is 20.9 Å². The number of carbonyl (C=O) groups is 1. The summed E-state index contributed by atoms with van der Waals surface area (Å²) in [5.74, 6) is 0.550. The van der Waals surface area contributed by atoms with Gasteiger partial charge in [0.1, 0.15) is 12.1 Å². The third-order valence-corrected chi connectivity index (χ3v) is 5.98. The number of piperazine rings is 1. The zero-order valence-electron chi connectivity index (χ0n) is 16.2. The van der Waals surface area contributed by atoms with Gasteiger partial charge in [-0.05, 0) is 42.3 Å². The molecule has 7 nitrogen and oxygen atoms in total. The van der Waals surface area contributed by atoms with Gasteiger partial charge in [-0.1, -0.05) is 23.7 Å². The van der Waals surface area contributed by atoms with Crippen molar-refractivity contribution in [2.45, 2.75) is 12.5 Å². The number of nitrogen functional groups attached to an aromatic ring is 1. The van der Waals surface area contributed by atoms with Crippen molar-refractivity contribution in [1.82, 2.24) is 25.2 Å². The normalized spacial score (nSPS) is 15.8. The average Bonchev–Trinajstić information content (AvgIpc) is 3.18. The van der Waals surface area contributed by atoms with Crippen molar-refractivity contribution in [2.75, 3.05) is 25.4 Å². The van der Waals surface area contributed by atoms with Crippen LogP contribution in [0.1, 0.15) is 17.3 Å². The number of nitrogens with two attached hydrogens (primary N) is 1. The summed E-state index contributed by atoms with van der Waals surface area (Å²) in [7, 11) is 0. The van der Waals surface area contributed by atoms with Crippen molar-refractivity contribution in [3.63, 3.8) is 0 Å². The highest BCUT2D eigenvalue weighted by molar-refractivity contribution is 6.35. The minimum Gasteiger partial charge on any atom is -0.383 e. The van der Waals surface area contributed by atoms with Crippen LogP contribution in [0.2, 0.25) is 5.02 Å². The number of fused-ring (bicyclic) bond motifs is 2. The first-order valence-electron chi connectivity index (χ1n) is 9.86. The second-order valence-corrected chi connectivity index (χ2v) is 7.93. The Hall–Kier alpha value is -3.16. The SMILES string of the molecule is Nc1ncnc2cc(CC(c3cc4c(Cl)cccc4[nH]3)N3CCNCC3=O)ccc12. The molecule has 2 aromatic carbocycles. The van der Waals surface area contributed by atoms with Gasteiger partial charge in [0.15, 0.2) is 0 Å². The molecule has 0 bridgehead atoms. The molecule has 5 rings (SSSR count). The molecule has 152 valence electrons. The number of hydrogen-bond donors (Lipinski definition) is 3. The Morgan fingerprint density at radius 3 is 2.90 bits per heavy atom. The largest absolute Gasteiger partial charge is 0.383 e.